The monoisotopic (exact) mass is 425 g/mol. The molecule has 0 radical (unpaired) electrons. The number of carbonyl (C=O) groups is 3. The van der Waals surface area contributed by atoms with Crippen LogP contribution in [0.4, 0.5) is 0 Å². The molecule has 3 amide bonds. The van der Waals surface area contributed by atoms with Gasteiger partial charge in [0.1, 0.15) is 6.04 Å². The first-order valence-corrected chi connectivity index (χ1v) is 11.5. The zero-order chi connectivity index (χ0) is 20.9. The van der Waals surface area contributed by atoms with Gasteiger partial charge in [-0.25, -0.2) is 0 Å². The number of hydrogen-bond donors (Lipinski definition) is 1. The minimum absolute atomic E-state index is 0.0283. The standard InChI is InChI=1S/C23H27N3O3S/c27-21(24-16-17-6-2-1-3-7-17)18-10-13-25(14-11-18)22(28)19-8-4-12-26(19)23(29)20-9-5-15-30-20/h1-3,5-7,9,15,18-19H,4,8,10-14,16H2,(H,24,27). The number of nitrogens with zero attached hydrogens (tertiary/aromatic N) is 2. The van der Waals surface area contributed by atoms with Gasteiger partial charge in [0.2, 0.25) is 11.8 Å². The van der Waals surface area contributed by atoms with Crippen LogP contribution < -0.4 is 5.32 Å². The molecule has 2 fully saturated rings. The summed E-state index contributed by atoms with van der Waals surface area (Å²) in [7, 11) is 0. The van der Waals surface area contributed by atoms with E-state index in [1.54, 1.807) is 4.90 Å². The Morgan fingerprint density at radius 3 is 2.43 bits per heavy atom. The first-order valence-electron chi connectivity index (χ1n) is 10.6. The molecule has 2 aromatic rings. The van der Waals surface area contributed by atoms with Crippen molar-refractivity contribution in [3.05, 3.63) is 58.3 Å². The van der Waals surface area contributed by atoms with Crippen LogP contribution in [0.2, 0.25) is 0 Å². The van der Waals surface area contributed by atoms with E-state index in [9.17, 15) is 14.4 Å². The highest BCUT2D eigenvalue weighted by atomic mass is 32.1. The third-order valence-corrected chi connectivity index (χ3v) is 6.88. The van der Waals surface area contributed by atoms with Gasteiger partial charge < -0.3 is 15.1 Å². The van der Waals surface area contributed by atoms with Crippen LogP contribution in [-0.2, 0) is 16.1 Å². The van der Waals surface area contributed by atoms with Crippen LogP contribution in [0, 0.1) is 5.92 Å². The number of piperidine rings is 1. The molecule has 0 bridgehead atoms. The summed E-state index contributed by atoms with van der Waals surface area (Å²) in [6.45, 7) is 2.30. The Kier molecular flexibility index (Phi) is 6.47. The van der Waals surface area contributed by atoms with E-state index < -0.39 is 0 Å². The molecule has 1 N–H and O–H groups in total. The van der Waals surface area contributed by atoms with Crippen LogP contribution in [0.5, 0.6) is 0 Å². The molecule has 0 saturated carbocycles. The van der Waals surface area contributed by atoms with Crippen LogP contribution in [0.15, 0.2) is 47.8 Å². The number of benzene rings is 1. The summed E-state index contributed by atoms with van der Waals surface area (Å²) in [6, 6.07) is 13.2. The topological polar surface area (TPSA) is 69.7 Å². The van der Waals surface area contributed by atoms with Crippen molar-refractivity contribution in [2.75, 3.05) is 19.6 Å². The van der Waals surface area contributed by atoms with Crippen molar-refractivity contribution in [2.45, 2.75) is 38.3 Å². The zero-order valence-electron chi connectivity index (χ0n) is 17.0. The maximum absolute atomic E-state index is 13.1. The summed E-state index contributed by atoms with van der Waals surface area (Å²) in [6.07, 6.45) is 2.90. The highest BCUT2D eigenvalue weighted by molar-refractivity contribution is 7.12. The first kappa shape index (κ1) is 20.6. The van der Waals surface area contributed by atoms with Crippen LogP contribution in [0.3, 0.4) is 0 Å². The number of carbonyl (C=O) groups excluding carboxylic acids is 3. The van der Waals surface area contributed by atoms with Gasteiger partial charge in [-0.05, 0) is 42.7 Å². The van der Waals surface area contributed by atoms with Gasteiger partial charge in [0.25, 0.3) is 5.91 Å². The lowest BCUT2D eigenvalue weighted by molar-refractivity contribution is -0.138. The van der Waals surface area contributed by atoms with E-state index in [0.717, 1.165) is 12.0 Å². The summed E-state index contributed by atoms with van der Waals surface area (Å²) in [5.41, 5.74) is 1.08. The zero-order valence-corrected chi connectivity index (χ0v) is 17.8. The van der Waals surface area contributed by atoms with Crippen molar-refractivity contribution in [2.24, 2.45) is 5.92 Å². The van der Waals surface area contributed by atoms with Crippen LogP contribution in [-0.4, -0.2) is 53.2 Å². The Bertz CT molecular complexity index is 876. The molecule has 1 aromatic carbocycles. The average molecular weight is 426 g/mol. The predicted octanol–water partition coefficient (Wildman–Crippen LogP) is 2.91. The van der Waals surface area contributed by atoms with Crippen molar-refractivity contribution in [1.82, 2.24) is 15.1 Å². The Balaban J connectivity index is 1.28. The molecule has 2 saturated heterocycles. The molecule has 2 aliphatic rings. The highest BCUT2D eigenvalue weighted by Gasteiger charge is 2.38. The second-order valence-electron chi connectivity index (χ2n) is 7.94. The van der Waals surface area contributed by atoms with E-state index in [2.05, 4.69) is 5.32 Å². The summed E-state index contributed by atoms with van der Waals surface area (Å²) < 4.78 is 0. The first-order chi connectivity index (χ1) is 14.6. The van der Waals surface area contributed by atoms with Crippen LogP contribution in [0.1, 0.15) is 40.9 Å². The Morgan fingerprint density at radius 2 is 1.73 bits per heavy atom. The minimum Gasteiger partial charge on any atom is -0.352 e. The quantitative estimate of drug-likeness (QED) is 0.801. The van der Waals surface area contributed by atoms with E-state index in [4.69, 9.17) is 0 Å². The van der Waals surface area contributed by atoms with Gasteiger partial charge >= 0.3 is 0 Å². The summed E-state index contributed by atoms with van der Waals surface area (Å²) in [5, 5.41) is 4.89. The highest BCUT2D eigenvalue weighted by Crippen LogP contribution is 2.26. The van der Waals surface area contributed by atoms with E-state index in [-0.39, 0.29) is 29.7 Å². The Morgan fingerprint density at radius 1 is 0.967 bits per heavy atom. The van der Waals surface area contributed by atoms with Crippen LogP contribution in [0.25, 0.3) is 0 Å². The van der Waals surface area contributed by atoms with Crippen molar-refractivity contribution >= 4 is 29.1 Å². The normalized spacial score (nSPS) is 19.7. The molecule has 0 aliphatic carbocycles. The molecule has 1 unspecified atom stereocenters. The van der Waals surface area contributed by atoms with Gasteiger partial charge in [-0.15, -0.1) is 11.3 Å². The van der Waals surface area contributed by atoms with Gasteiger partial charge in [0.05, 0.1) is 4.88 Å². The van der Waals surface area contributed by atoms with E-state index in [1.807, 2.05) is 52.7 Å². The molecule has 0 spiro atoms. The molecular weight excluding hydrogens is 398 g/mol. The van der Waals surface area contributed by atoms with Crippen LogP contribution >= 0.6 is 11.3 Å². The van der Waals surface area contributed by atoms with E-state index >= 15 is 0 Å². The lowest BCUT2D eigenvalue weighted by Gasteiger charge is -2.35. The largest absolute Gasteiger partial charge is 0.352 e. The fourth-order valence-electron chi connectivity index (χ4n) is 4.31. The number of hydrogen-bond acceptors (Lipinski definition) is 4. The molecule has 6 nitrogen and oxygen atoms in total. The number of rotatable bonds is 5. The lowest BCUT2D eigenvalue weighted by Crippen LogP contribution is -2.51. The van der Waals surface area contributed by atoms with Gasteiger partial charge in [0, 0.05) is 32.1 Å². The molecule has 3 heterocycles. The minimum atomic E-state index is -0.372. The number of thiophene rings is 1. The smallest absolute Gasteiger partial charge is 0.264 e. The van der Waals surface area contributed by atoms with Crippen molar-refractivity contribution in [1.29, 1.82) is 0 Å². The maximum Gasteiger partial charge on any atom is 0.264 e. The molecule has 4 rings (SSSR count). The molecule has 158 valence electrons. The van der Waals surface area contributed by atoms with Crippen molar-refractivity contribution in [3.8, 4) is 0 Å². The maximum atomic E-state index is 13.1. The fraction of sp³-hybridized carbons (Fsp3) is 0.435. The third-order valence-electron chi connectivity index (χ3n) is 6.02. The summed E-state index contributed by atoms with van der Waals surface area (Å²) >= 11 is 1.41. The SMILES string of the molecule is O=C(NCc1ccccc1)C1CCN(C(=O)C2CCCN2C(=O)c2cccs2)CC1. The Labute approximate surface area is 180 Å². The molecule has 30 heavy (non-hydrogen) atoms. The second-order valence-corrected chi connectivity index (χ2v) is 8.88. The number of nitrogens with one attached hydrogen (secondary N) is 1. The predicted molar refractivity (Wildman–Crippen MR) is 116 cm³/mol. The van der Waals surface area contributed by atoms with Crippen molar-refractivity contribution in [3.63, 3.8) is 0 Å². The summed E-state index contributed by atoms with van der Waals surface area (Å²) in [5.74, 6) is -0.0249. The lowest BCUT2D eigenvalue weighted by atomic mass is 9.95. The molecule has 1 atom stereocenters. The van der Waals surface area contributed by atoms with Crippen molar-refractivity contribution < 1.29 is 14.4 Å². The second kappa shape index (κ2) is 9.43. The van der Waals surface area contributed by atoms with Gasteiger partial charge in [-0.3, -0.25) is 14.4 Å². The van der Waals surface area contributed by atoms with E-state index in [0.29, 0.717) is 50.3 Å². The van der Waals surface area contributed by atoms with Gasteiger partial charge in [0.15, 0.2) is 0 Å². The Hall–Kier alpha value is -2.67. The fourth-order valence-corrected chi connectivity index (χ4v) is 4.99. The third kappa shape index (κ3) is 4.56. The average Bonchev–Trinajstić information content (AvgIpc) is 3.50. The number of amides is 3. The van der Waals surface area contributed by atoms with Gasteiger partial charge in [-0.1, -0.05) is 36.4 Å². The molecule has 2 aliphatic heterocycles. The molecular formula is C23H27N3O3S. The number of likely N-dealkylation sites (tertiary alicyclic amines) is 2. The van der Waals surface area contributed by atoms with E-state index in [1.165, 1.54) is 11.3 Å². The molecule has 1 aromatic heterocycles. The summed E-state index contributed by atoms with van der Waals surface area (Å²) in [4.78, 5) is 42.6. The van der Waals surface area contributed by atoms with Gasteiger partial charge in [-0.2, -0.15) is 0 Å². The molecule has 7 heteroatoms.